The number of carbonyl (C=O) groups is 1. The second kappa shape index (κ2) is 8.77. The van der Waals surface area contributed by atoms with Crippen LogP contribution in [0.3, 0.4) is 0 Å². The van der Waals surface area contributed by atoms with Gasteiger partial charge in [0, 0.05) is 23.7 Å². The Balaban J connectivity index is 2.06. The molecular weight excluding hydrogens is 398 g/mol. The van der Waals surface area contributed by atoms with Gasteiger partial charge in [-0.1, -0.05) is 22.9 Å². The first-order chi connectivity index (χ1) is 13.4. The normalized spacial score (nSPS) is 11.1. The van der Waals surface area contributed by atoms with E-state index >= 15 is 0 Å². The van der Waals surface area contributed by atoms with Crippen molar-refractivity contribution < 1.29 is 14.3 Å². The van der Waals surface area contributed by atoms with Crippen LogP contribution in [0.25, 0.3) is 10.2 Å². The molecule has 8 heteroatoms. The molecule has 0 aliphatic carbocycles. The number of fused-ring (bicyclic) bond motifs is 1. The zero-order valence-corrected chi connectivity index (χ0v) is 17.8. The van der Waals surface area contributed by atoms with Crippen molar-refractivity contribution in [3.63, 3.8) is 0 Å². The topological polar surface area (TPSA) is 54.9 Å². The van der Waals surface area contributed by atoms with Crippen LogP contribution in [0, 0.1) is 0 Å². The molecular formula is C20H22ClN3O3S. The predicted octanol–water partition coefficient (Wildman–Crippen LogP) is 4.18. The lowest BCUT2D eigenvalue weighted by molar-refractivity contribution is 0.0985. The molecule has 0 radical (unpaired) electrons. The minimum atomic E-state index is -0.129. The average Bonchev–Trinajstić information content (AvgIpc) is 3.12. The molecule has 28 heavy (non-hydrogen) atoms. The van der Waals surface area contributed by atoms with Crippen LogP contribution in [-0.4, -0.2) is 57.2 Å². The predicted molar refractivity (Wildman–Crippen MR) is 114 cm³/mol. The molecule has 0 atom stereocenters. The fourth-order valence-corrected chi connectivity index (χ4v) is 3.95. The fraction of sp³-hybridized carbons (Fsp3) is 0.300. The fourth-order valence-electron chi connectivity index (χ4n) is 2.72. The lowest BCUT2D eigenvalue weighted by Crippen LogP contribution is -2.36. The van der Waals surface area contributed by atoms with E-state index in [2.05, 4.69) is 0 Å². The molecule has 0 N–H and O–H groups in total. The van der Waals surface area contributed by atoms with E-state index in [4.69, 9.17) is 26.1 Å². The minimum Gasteiger partial charge on any atom is -0.495 e. The molecule has 0 spiro atoms. The highest BCUT2D eigenvalue weighted by molar-refractivity contribution is 7.22. The summed E-state index contributed by atoms with van der Waals surface area (Å²) in [5, 5.41) is 1.19. The molecule has 3 rings (SSSR count). The summed E-state index contributed by atoms with van der Waals surface area (Å²) >= 11 is 7.37. The van der Waals surface area contributed by atoms with E-state index in [1.165, 1.54) is 11.3 Å². The Morgan fingerprint density at radius 2 is 1.68 bits per heavy atom. The van der Waals surface area contributed by atoms with Crippen LogP contribution in [-0.2, 0) is 0 Å². The summed E-state index contributed by atoms with van der Waals surface area (Å²) in [5.41, 5.74) is 1.24. The highest BCUT2D eigenvalue weighted by atomic mass is 35.5. The molecule has 0 saturated heterocycles. The van der Waals surface area contributed by atoms with Gasteiger partial charge in [-0.05, 0) is 50.5 Å². The number of aromatic nitrogens is 1. The Kier molecular flexibility index (Phi) is 6.39. The van der Waals surface area contributed by atoms with E-state index in [0.717, 1.165) is 4.70 Å². The summed E-state index contributed by atoms with van der Waals surface area (Å²) in [6.45, 7) is 1.20. The standard InChI is InChI=1S/C20H22ClN3O3S/c1-23(2)11-12-24(19(25)13-5-7-14(21)8-6-13)20-22-17-15(26-3)9-10-16(27-4)18(17)28-20/h5-10H,11-12H2,1-4H3. The van der Waals surface area contributed by atoms with E-state index in [1.807, 2.05) is 31.1 Å². The van der Waals surface area contributed by atoms with Crippen molar-refractivity contribution >= 4 is 44.2 Å². The molecule has 0 fully saturated rings. The van der Waals surface area contributed by atoms with Crippen LogP contribution in [0.5, 0.6) is 11.5 Å². The Bertz CT molecular complexity index is 932. The van der Waals surface area contributed by atoms with Crippen molar-refractivity contribution in [2.75, 3.05) is 46.3 Å². The Hall–Kier alpha value is -2.35. The van der Waals surface area contributed by atoms with Gasteiger partial charge in [0.25, 0.3) is 5.91 Å². The number of hydrogen-bond donors (Lipinski definition) is 0. The van der Waals surface area contributed by atoms with Crippen molar-refractivity contribution in [2.24, 2.45) is 0 Å². The number of ether oxygens (including phenoxy) is 2. The van der Waals surface area contributed by atoms with Crippen LogP contribution in [0.15, 0.2) is 36.4 Å². The lowest BCUT2D eigenvalue weighted by atomic mass is 10.2. The Morgan fingerprint density at radius 3 is 2.29 bits per heavy atom. The van der Waals surface area contributed by atoms with Crippen molar-refractivity contribution in [2.45, 2.75) is 0 Å². The Labute approximate surface area is 173 Å². The average molecular weight is 420 g/mol. The van der Waals surface area contributed by atoms with Crippen LogP contribution < -0.4 is 14.4 Å². The molecule has 0 unspecified atom stereocenters. The third-order valence-corrected chi connectivity index (χ3v) is 5.58. The third kappa shape index (κ3) is 4.22. The van der Waals surface area contributed by atoms with Gasteiger partial charge in [0.15, 0.2) is 5.13 Å². The SMILES string of the molecule is COc1ccc(OC)c2sc(N(CCN(C)C)C(=O)c3ccc(Cl)cc3)nc12. The smallest absolute Gasteiger partial charge is 0.260 e. The molecule has 1 aromatic heterocycles. The number of methoxy groups -OCH3 is 2. The van der Waals surface area contributed by atoms with Crippen LogP contribution in [0.4, 0.5) is 5.13 Å². The molecule has 0 saturated carbocycles. The van der Waals surface area contributed by atoms with E-state index in [9.17, 15) is 4.79 Å². The molecule has 0 aliphatic heterocycles. The molecule has 1 heterocycles. The van der Waals surface area contributed by atoms with E-state index < -0.39 is 0 Å². The van der Waals surface area contributed by atoms with E-state index in [1.54, 1.807) is 43.4 Å². The van der Waals surface area contributed by atoms with Crippen molar-refractivity contribution in [1.29, 1.82) is 0 Å². The highest BCUT2D eigenvalue weighted by Gasteiger charge is 2.23. The molecule has 6 nitrogen and oxygen atoms in total. The summed E-state index contributed by atoms with van der Waals surface area (Å²) in [7, 11) is 7.15. The summed E-state index contributed by atoms with van der Waals surface area (Å²) in [6, 6.07) is 10.5. The van der Waals surface area contributed by atoms with Gasteiger partial charge in [0.2, 0.25) is 0 Å². The van der Waals surface area contributed by atoms with Crippen molar-refractivity contribution in [3.05, 3.63) is 47.0 Å². The summed E-state index contributed by atoms with van der Waals surface area (Å²) in [4.78, 5) is 21.6. The van der Waals surface area contributed by atoms with Crippen LogP contribution in [0.1, 0.15) is 10.4 Å². The monoisotopic (exact) mass is 419 g/mol. The number of nitrogens with zero attached hydrogens (tertiary/aromatic N) is 3. The maximum absolute atomic E-state index is 13.2. The number of rotatable bonds is 7. The van der Waals surface area contributed by atoms with Crippen molar-refractivity contribution in [1.82, 2.24) is 9.88 Å². The van der Waals surface area contributed by atoms with Gasteiger partial charge < -0.3 is 14.4 Å². The van der Waals surface area contributed by atoms with Gasteiger partial charge in [0.05, 0.1) is 14.2 Å². The molecule has 0 aliphatic rings. The molecule has 148 valence electrons. The maximum Gasteiger partial charge on any atom is 0.260 e. The molecule has 2 aromatic carbocycles. The summed E-state index contributed by atoms with van der Waals surface area (Å²) < 4.78 is 11.7. The second-order valence-corrected chi connectivity index (χ2v) is 7.83. The molecule has 1 amide bonds. The van der Waals surface area contributed by atoms with E-state index in [0.29, 0.717) is 45.8 Å². The molecule has 3 aromatic rings. The van der Waals surface area contributed by atoms with Crippen LogP contribution >= 0.6 is 22.9 Å². The van der Waals surface area contributed by atoms with Gasteiger partial charge >= 0.3 is 0 Å². The van der Waals surface area contributed by atoms with Gasteiger partial charge in [-0.15, -0.1) is 0 Å². The Morgan fingerprint density at radius 1 is 1.04 bits per heavy atom. The number of likely N-dealkylation sites (N-methyl/N-ethyl adjacent to an activating group) is 1. The second-order valence-electron chi connectivity index (χ2n) is 6.41. The first-order valence-electron chi connectivity index (χ1n) is 8.68. The number of thiazole rings is 1. The third-order valence-electron chi connectivity index (χ3n) is 4.24. The lowest BCUT2D eigenvalue weighted by Gasteiger charge is -2.22. The zero-order chi connectivity index (χ0) is 20.3. The minimum absolute atomic E-state index is 0.129. The van der Waals surface area contributed by atoms with E-state index in [-0.39, 0.29) is 5.91 Å². The summed E-state index contributed by atoms with van der Waals surface area (Å²) in [5.74, 6) is 1.21. The largest absolute Gasteiger partial charge is 0.495 e. The quantitative estimate of drug-likeness (QED) is 0.575. The van der Waals surface area contributed by atoms with Crippen molar-refractivity contribution in [3.8, 4) is 11.5 Å². The van der Waals surface area contributed by atoms with Gasteiger partial charge in [-0.25, -0.2) is 4.98 Å². The molecule has 0 bridgehead atoms. The van der Waals surface area contributed by atoms with Gasteiger partial charge in [-0.2, -0.15) is 0 Å². The first kappa shape index (κ1) is 20.4. The summed E-state index contributed by atoms with van der Waals surface area (Å²) in [6.07, 6.45) is 0. The number of carbonyl (C=O) groups excluding carboxylic acids is 1. The maximum atomic E-state index is 13.2. The van der Waals surface area contributed by atoms with Gasteiger partial charge in [-0.3, -0.25) is 9.69 Å². The first-order valence-corrected chi connectivity index (χ1v) is 9.87. The number of halogens is 1. The highest BCUT2D eigenvalue weighted by Crippen LogP contribution is 2.40. The number of benzene rings is 2. The van der Waals surface area contributed by atoms with Gasteiger partial charge in [0.1, 0.15) is 21.7 Å². The number of anilines is 1. The zero-order valence-electron chi connectivity index (χ0n) is 16.2. The number of amides is 1. The number of hydrogen-bond acceptors (Lipinski definition) is 6. The van der Waals surface area contributed by atoms with Crippen LogP contribution in [0.2, 0.25) is 5.02 Å².